The van der Waals surface area contributed by atoms with Gasteiger partial charge in [-0.15, -0.1) is 0 Å². The lowest BCUT2D eigenvalue weighted by Crippen LogP contribution is -2.43. The number of hydrogen-bond donors (Lipinski definition) is 0. The Labute approximate surface area is 250 Å². The van der Waals surface area contributed by atoms with Gasteiger partial charge in [0.1, 0.15) is 23.9 Å². The normalized spacial score (nSPS) is 24.1. The Morgan fingerprint density at radius 3 is 1.98 bits per heavy atom. The largest absolute Gasteiger partial charge is 0.358 e. The minimum Gasteiger partial charge on any atom is -0.358 e. The van der Waals surface area contributed by atoms with E-state index in [2.05, 4.69) is 41.3 Å². The molecule has 4 aromatic carbocycles. The first-order valence-electron chi connectivity index (χ1n) is 14.7. The van der Waals surface area contributed by atoms with Gasteiger partial charge >= 0.3 is 0 Å². The zero-order chi connectivity index (χ0) is 29.6. The second-order valence-corrected chi connectivity index (χ2v) is 11.7. The maximum atomic E-state index is 11.6. The average molecular weight is 579 g/mol. The molecular weight excluding hydrogens is 544 g/mol. The van der Waals surface area contributed by atoms with Crippen molar-refractivity contribution in [3.8, 4) is 0 Å². The highest BCUT2D eigenvalue weighted by Crippen LogP contribution is 2.46. The molecule has 2 saturated heterocycles. The number of non-ortho nitro benzene ring substituents is 1. The third-order valence-corrected chi connectivity index (χ3v) is 8.65. The highest BCUT2D eigenvalue weighted by atomic mass is 16.8. The van der Waals surface area contributed by atoms with Gasteiger partial charge in [0, 0.05) is 24.4 Å². The first kappa shape index (κ1) is 27.7. The van der Waals surface area contributed by atoms with Crippen molar-refractivity contribution < 1.29 is 23.9 Å². The van der Waals surface area contributed by atoms with Crippen LogP contribution in [-0.4, -0.2) is 48.4 Å². The summed E-state index contributed by atoms with van der Waals surface area (Å²) in [5.74, 6) is -0.809. The third kappa shape index (κ3) is 4.90. The summed E-state index contributed by atoms with van der Waals surface area (Å²) in [6.07, 6.45) is -0.941. The van der Waals surface area contributed by atoms with E-state index in [9.17, 15) is 10.1 Å². The molecule has 0 amide bonds. The van der Waals surface area contributed by atoms with Gasteiger partial charge in [-0.2, -0.15) is 0 Å². The third-order valence-electron chi connectivity index (χ3n) is 8.65. The molecule has 0 spiro atoms. The molecule has 8 heteroatoms. The molecule has 7 rings (SSSR count). The van der Waals surface area contributed by atoms with Crippen LogP contribution in [0.1, 0.15) is 36.1 Å². The lowest BCUT2D eigenvalue weighted by molar-refractivity contribution is -0.384. The molecule has 0 aliphatic carbocycles. The molecule has 3 aliphatic rings. The summed E-state index contributed by atoms with van der Waals surface area (Å²) in [6.45, 7) is 4.71. The number of anilines is 1. The lowest BCUT2D eigenvalue weighted by atomic mass is 9.80. The Kier molecular flexibility index (Phi) is 7.02. The summed E-state index contributed by atoms with van der Waals surface area (Å²) in [5, 5.41) is 11.6. The molecule has 0 bridgehead atoms. The van der Waals surface area contributed by atoms with Crippen LogP contribution in [0.25, 0.3) is 0 Å². The highest BCUT2D eigenvalue weighted by molar-refractivity contribution is 5.63. The number of nitrogens with zero attached hydrogens (tertiary/aromatic N) is 2. The Morgan fingerprint density at radius 2 is 1.42 bits per heavy atom. The summed E-state index contributed by atoms with van der Waals surface area (Å²) in [4.78, 5) is 13.3. The van der Waals surface area contributed by atoms with E-state index < -0.39 is 29.8 Å². The van der Waals surface area contributed by atoms with Crippen LogP contribution in [0.3, 0.4) is 0 Å². The van der Waals surface area contributed by atoms with Crippen molar-refractivity contribution in [3.05, 3.63) is 142 Å². The molecule has 3 heterocycles. The molecule has 8 nitrogen and oxygen atoms in total. The van der Waals surface area contributed by atoms with Crippen molar-refractivity contribution in [3.63, 3.8) is 0 Å². The van der Waals surface area contributed by atoms with E-state index in [1.165, 1.54) is 0 Å². The molecule has 1 unspecified atom stereocenters. The van der Waals surface area contributed by atoms with Crippen LogP contribution in [0.4, 0.5) is 11.4 Å². The van der Waals surface area contributed by atoms with Crippen molar-refractivity contribution in [1.82, 2.24) is 0 Å². The molecule has 0 aromatic heterocycles. The molecule has 0 N–H and O–H groups in total. The SMILES string of the molecule is CC1(C)O[C@@H]2[C@@H](COC(c3ccccc3)(c3ccccc3)c3ccccc3)OC(N3CCc4ccc([N+](=O)[O-])cc43)[C@@H]2O1. The predicted octanol–water partition coefficient (Wildman–Crippen LogP) is 6.21. The van der Waals surface area contributed by atoms with Gasteiger partial charge in [0.2, 0.25) is 0 Å². The predicted molar refractivity (Wildman–Crippen MR) is 162 cm³/mol. The quantitative estimate of drug-likeness (QED) is 0.140. The van der Waals surface area contributed by atoms with Crippen LogP contribution >= 0.6 is 0 Å². The fourth-order valence-corrected chi connectivity index (χ4v) is 6.79. The van der Waals surface area contributed by atoms with Gasteiger partial charge in [0.05, 0.1) is 11.5 Å². The number of ether oxygens (including phenoxy) is 4. The molecule has 0 saturated carbocycles. The number of fused-ring (bicyclic) bond motifs is 2. The monoisotopic (exact) mass is 578 g/mol. The Morgan fingerprint density at radius 1 is 0.860 bits per heavy atom. The Hall–Kier alpha value is -4.08. The zero-order valence-electron chi connectivity index (χ0n) is 24.2. The molecule has 4 aromatic rings. The number of hydrogen-bond acceptors (Lipinski definition) is 7. The fraction of sp³-hybridized carbons (Fsp3) is 0.314. The van der Waals surface area contributed by atoms with E-state index in [1.807, 2.05) is 74.5 Å². The number of nitro groups is 1. The summed E-state index contributed by atoms with van der Waals surface area (Å²) in [5.41, 5.74) is 4.02. The maximum Gasteiger partial charge on any atom is 0.271 e. The molecule has 0 radical (unpaired) electrons. The minimum atomic E-state index is -0.906. The van der Waals surface area contributed by atoms with Crippen LogP contribution in [-0.2, 0) is 31.0 Å². The van der Waals surface area contributed by atoms with Gasteiger partial charge in [0.25, 0.3) is 5.69 Å². The molecule has 4 atom stereocenters. The topological polar surface area (TPSA) is 83.3 Å². The van der Waals surface area contributed by atoms with Crippen molar-refractivity contribution >= 4 is 11.4 Å². The zero-order valence-corrected chi connectivity index (χ0v) is 24.2. The van der Waals surface area contributed by atoms with Gasteiger partial charge in [-0.25, -0.2) is 0 Å². The standard InChI is InChI=1S/C35H34N2O6/c1-34(2)42-31-30(41-33(32(31)43-34)36-21-20-24-18-19-28(37(38)39)22-29(24)36)23-40-35(25-12-6-3-7-13-25,26-14-8-4-9-15-26)27-16-10-5-11-17-27/h3-19,22,30-33H,20-21,23H2,1-2H3/t30-,31-,32-,33?/m1/s1. The number of nitro benzene ring substituents is 1. The van der Waals surface area contributed by atoms with E-state index in [4.69, 9.17) is 18.9 Å². The maximum absolute atomic E-state index is 11.6. The van der Waals surface area contributed by atoms with E-state index in [-0.39, 0.29) is 23.3 Å². The first-order chi connectivity index (χ1) is 20.9. The second-order valence-electron chi connectivity index (χ2n) is 11.7. The molecule has 220 valence electrons. The molecule has 2 fully saturated rings. The highest BCUT2D eigenvalue weighted by Gasteiger charge is 2.58. The lowest BCUT2D eigenvalue weighted by Gasteiger charge is -2.37. The van der Waals surface area contributed by atoms with E-state index in [0.29, 0.717) is 6.54 Å². The average Bonchev–Trinajstić information content (AvgIpc) is 3.69. The summed E-state index contributed by atoms with van der Waals surface area (Å²) in [6, 6.07) is 35.7. The van der Waals surface area contributed by atoms with Gasteiger partial charge in [-0.05, 0) is 42.5 Å². The molecule has 3 aliphatic heterocycles. The number of rotatable bonds is 8. The smallest absolute Gasteiger partial charge is 0.271 e. The first-order valence-corrected chi connectivity index (χ1v) is 14.7. The van der Waals surface area contributed by atoms with Crippen molar-refractivity contribution in [2.75, 3.05) is 18.1 Å². The van der Waals surface area contributed by atoms with Crippen molar-refractivity contribution in [1.29, 1.82) is 0 Å². The van der Waals surface area contributed by atoms with Gasteiger partial charge in [-0.3, -0.25) is 10.1 Å². The Balaban J connectivity index is 1.25. The van der Waals surface area contributed by atoms with Crippen LogP contribution in [0.5, 0.6) is 0 Å². The van der Waals surface area contributed by atoms with Crippen LogP contribution in [0.15, 0.2) is 109 Å². The summed E-state index contributed by atoms with van der Waals surface area (Å²) >= 11 is 0. The van der Waals surface area contributed by atoms with E-state index in [0.717, 1.165) is 34.4 Å². The van der Waals surface area contributed by atoms with Crippen LogP contribution < -0.4 is 4.90 Å². The number of benzene rings is 4. The summed E-state index contributed by atoms with van der Waals surface area (Å²) < 4.78 is 26.7. The Bertz CT molecular complexity index is 1500. The summed E-state index contributed by atoms with van der Waals surface area (Å²) in [7, 11) is 0. The second kappa shape index (κ2) is 10.9. The molecular formula is C35H34N2O6. The van der Waals surface area contributed by atoms with Crippen molar-refractivity contribution in [2.45, 2.75) is 56.2 Å². The van der Waals surface area contributed by atoms with Crippen LogP contribution in [0.2, 0.25) is 0 Å². The van der Waals surface area contributed by atoms with Gasteiger partial charge < -0.3 is 23.8 Å². The fourth-order valence-electron chi connectivity index (χ4n) is 6.79. The minimum absolute atomic E-state index is 0.0577. The van der Waals surface area contributed by atoms with Gasteiger partial charge in [-0.1, -0.05) is 97.1 Å². The van der Waals surface area contributed by atoms with E-state index in [1.54, 1.807) is 12.1 Å². The van der Waals surface area contributed by atoms with E-state index >= 15 is 0 Å². The van der Waals surface area contributed by atoms with Crippen LogP contribution in [0, 0.1) is 10.1 Å². The van der Waals surface area contributed by atoms with Gasteiger partial charge in [0.15, 0.2) is 12.0 Å². The molecule has 43 heavy (non-hydrogen) atoms. The van der Waals surface area contributed by atoms with Crippen molar-refractivity contribution in [2.24, 2.45) is 0 Å².